The van der Waals surface area contributed by atoms with E-state index < -0.39 is 18.0 Å². The molecule has 0 atom stereocenters. The summed E-state index contributed by atoms with van der Waals surface area (Å²) in [5.74, 6) is -1.05. The molecular formula is C10H10BNO6. The average molecular weight is 251 g/mol. The van der Waals surface area contributed by atoms with Crippen molar-refractivity contribution < 1.29 is 24.5 Å². The molecule has 2 rings (SSSR count). The molecule has 0 aliphatic carbocycles. The van der Waals surface area contributed by atoms with Crippen LogP contribution in [0.25, 0.3) is 0 Å². The lowest BCUT2D eigenvalue weighted by molar-refractivity contribution is -0.385. The number of nitrogens with zero attached hydrogens (tertiary/aromatic N) is 1. The minimum Gasteiger partial charge on any atom is -0.481 e. The second kappa shape index (κ2) is 4.75. The summed E-state index contributed by atoms with van der Waals surface area (Å²) in [4.78, 5) is 20.9. The van der Waals surface area contributed by atoms with Gasteiger partial charge in [0.05, 0.1) is 11.5 Å². The van der Waals surface area contributed by atoms with Crippen LogP contribution in [0.15, 0.2) is 12.1 Å². The van der Waals surface area contributed by atoms with Crippen molar-refractivity contribution in [3.8, 4) is 0 Å². The summed E-state index contributed by atoms with van der Waals surface area (Å²) in [6.45, 7) is 0.175. The highest BCUT2D eigenvalue weighted by Gasteiger charge is 2.34. The van der Waals surface area contributed by atoms with Gasteiger partial charge in [-0.3, -0.25) is 14.9 Å². The summed E-state index contributed by atoms with van der Waals surface area (Å²) >= 11 is 0. The first-order chi connectivity index (χ1) is 8.50. The lowest BCUT2D eigenvalue weighted by Gasteiger charge is -2.08. The van der Waals surface area contributed by atoms with Crippen LogP contribution in [-0.4, -0.2) is 28.1 Å². The first kappa shape index (κ1) is 12.5. The summed E-state index contributed by atoms with van der Waals surface area (Å²) in [6.07, 6.45) is -0.237. The molecule has 0 saturated heterocycles. The van der Waals surface area contributed by atoms with Gasteiger partial charge in [0, 0.05) is 18.1 Å². The minimum absolute atomic E-state index is 0.00472. The molecule has 0 aromatic heterocycles. The molecule has 2 N–H and O–H groups in total. The number of carboxylic acids is 1. The van der Waals surface area contributed by atoms with E-state index in [-0.39, 0.29) is 30.7 Å². The van der Waals surface area contributed by atoms with E-state index in [1.54, 1.807) is 0 Å². The Kier molecular flexibility index (Phi) is 3.31. The molecule has 1 heterocycles. The molecule has 0 bridgehead atoms. The maximum Gasteiger partial charge on any atom is 0.492 e. The quantitative estimate of drug-likeness (QED) is 0.436. The zero-order valence-corrected chi connectivity index (χ0v) is 9.33. The standard InChI is InChI=1S/C10H10BNO6/c13-9(14)4-2-7-8(12(16)17)3-1-6-5-18-11(15)10(6)7/h1,3,15H,2,4-5H2,(H,13,14). The maximum atomic E-state index is 10.9. The highest BCUT2D eigenvalue weighted by atomic mass is 16.6. The smallest absolute Gasteiger partial charge is 0.481 e. The normalized spacial score (nSPS) is 13.5. The minimum atomic E-state index is -1.22. The molecule has 1 aromatic rings. The lowest BCUT2D eigenvalue weighted by Crippen LogP contribution is -2.32. The van der Waals surface area contributed by atoms with Crippen LogP contribution >= 0.6 is 0 Å². The zero-order chi connectivity index (χ0) is 13.3. The molecule has 0 fully saturated rings. The average Bonchev–Trinajstić information content (AvgIpc) is 2.68. The number of carbonyl (C=O) groups is 1. The van der Waals surface area contributed by atoms with Crippen molar-refractivity contribution in [2.45, 2.75) is 19.4 Å². The molecule has 0 saturated carbocycles. The molecule has 94 valence electrons. The Morgan fingerprint density at radius 2 is 2.28 bits per heavy atom. The van der Waals surface area contributed by atoms with Gasteiger partial charge in [-0.1, -0.05) is 6.07 Å². The van der Waals surface area contributed by atoms with Crippen molar-refractivity contribution in [3.63, 3.8) is 0 Å². The third-order valence-corrected chi connectivity index (χ3v) is 2.85. The van der Waals surface area contributed by atoms with Crippen LogP contribution in [0.5, 0.6) is 0 Å². The second-order valence-electron chi connectivity index (χ2n) is 3.95. The lowest BCUT2D eigenvalue weighted by atomic mass is 9.74. The van der Waals surface area contributed by atoms with Crippen LogP contribution in [0.3, 0.4) is 0 Å². The number of fused-ring (bicyclic) bond motifs is 1. The van der Waals surface area contributed by atoms with E-state index in [9.17, 15) is 19.9 Å². The van der Waals surface area contributed by atoms with E-state index in [2.05, 4.69) is 0 Å². The van der Waals surface area contributed by atoms with Gasteiger partial charge >= 0.3 is 13.1 Å². The Morgan fingerprint density at radius 3 is 2.89 bits per heavy atom. The molecule has 18 heavy (non-hydrogen) atoms. The molecule has 0 unspecified atom stereocenters. The van der Waals surface area contributed by atoms with Crippen LogP contribution in [0.2, 0.25) is 0 Å². The van der Waals surface area contributed by atoms with E-state index in [4.69, 9.17) is 9.76 Å². The first-order valence-corrected chi connectivity index (χ1v) is 5.31. The monoisotopic (exact) mass is 251 g/mol. The van der Waals surface area contributed by atoms with Crippen LogP contribution < -0.4 is 5.46 Å². The topological polar surface area (TPSA) is 110 Å². The number of carboxylic acid groups (broad SMARTS) is 1. The van der Waals surface area contributed by atoms with Gasteiger partial charge in [0.15, 0.2) is 0 Å². The number of benzene rings is 1. The predicted molar refractivity (Wildman–Crippen MR) is 61.4 cm³/mol. The number of hydrogen-bond donors (Lipinski definition) is 2. The van der Waals surface area contributed by atoms with Crippen molar-refractivity contribution in [1.29, 1.82) is 0 Å². The molecule has 7 nitrogen and oxygen atoms in total. The molecule has 0 amide bonds. The zero-order valence-electron chi connectivity index (χ0n) is 9.33. The third-order valence-electron chi connectivity index (χ3n) is 2.85. The number of hydrogen-bond acceptors (Lipinski definition) is 5. The Morgan fingerprint density at radius 1 is 1.56 bits per heavy atom. The van der Waals surface area contributed by atoms with Crippen LogP contribution in [0, 0.1) is 10.1 Å². The second-order valence-corrected chi connectivity index (χ2v) is 3.95. The summed E-state index contributed by atoms with van der Waals surface area (Å²) in [5.41, 5.74) is 1.06. The number of rotatable bonds is 4. The van der Waals surface area contributed by atoms with Gasteiger partial charge in [0.25, 0.3) is 5.69 Å². The predicted octanol–water partition coefficient (Wildman–Crippen LogP) is -0.170. The Hall–Kier alpha value is -1.93. The maximum absolute atomic E-state index is 10.9. The van der Waals surface area contributed by atoms with Gasteiger partial charge < -0.3 is 14.8 Å². The largest absolute Gasteiger partial charge is 0.492 e. The van der Waals surface area contributed by atoms with Gasteiger partial charge in [-0.2, -0.15) is 0 Å². The Labute approximate surface area is 102 Å². The first-order valence-electron chi connectivity index (χ1n) is 5.31. The van der Waals surface area contributed by atoms with Crippen molar-refractivity contribution in [2.75, 3.05) is 0 Å². The molecule has 0 radical (unpaired) electrons. The summed E-state index contributed by atoms with van der Waals surface area (Å²) in [7, 11) is -1.22. The highest BCUT2D eigenvalue weighted by molar-refractivity contribution is 6.62. The highest BCUT2D eigenvalue weighted by Crippen LogP contribution is 2.23. The van der Waals surface area contributed by atoms with Gasteiger partial charge in [-0.05, 0) is 17.4 Å². The van der Waals surface area contributed by atoms with Crippen LogP contribution in [-0.2, 0) is 22.5 Å². The van der Waals surface area contributed by atoms with E-state index >= 15 is 0 Å². The van der Waals surface area contributed by atoms with Crippen molar-refractivity contribution in [1.82, 2.24) is 0 Å². The molecule has 1 aromatic carbocycles. The van der Waals surface area contributed by atoms with Crippen molar-refractivity contribution in [2.24, 2.45) is 0 Å². The fourth-order valence-corrected chi connectivity index (χ4v) is 2.05. The number of aliphatic carboxylic acids is 1. The molecule has 1 aliphatic rings. The Bertz CT molecular complexity index is 517. The molecule has 8 heteroatoms. The van der Waals surface area contributed by atoms with Gasteiger partial charge in [-0.15, -0.1) is 0 Å². The molecule has 1 aliphatic heterocycles. The van der Waals surface area contributed by atoms with E-state index in [1.165, 1.54) is 12.1 Å². The van der Waals surface area contributed by atoms with Gasteiger partial charge in [0.2, 0.25) is 0 Å². The summed E-state index contributed by atoms with van der Waals surface area (Å²) in [6, 6.07) is 2.84. The van der Waals surface area contributed by atoms with Crippen LogP contribution in [0.4, 0.5) is 5.69 Å². The van der Waals surface area contributed by atoms with Crippen LogP contribution in [0.1, 0.15) is 17.5 Å². The van der Waals surface area contributed by atoms with E-state index in [0.717, 1.165) is 0 Å². The number of nitro benzene ring substituents is 1. The SMILES string of the molecule is O=C(O)CCc1c([N+](=O)[O-])ccc2c1B(O)OC2. The van der Waals surface area contributed by atoms with Gasteiger partial charge in [-0.25, -0.2) is 0 Å². The van der Waals surface area contributed by atoms with E-state index in [0.29, 0.717) is 11.0 Å². The van der Waals surface area contributed by atoms with Crippen molar-refractivity contribution in [3.05, 3.63) is 33.4 Å². The fourth-order valence-electron chi connectivity index (χ4n) is 2.05. The Balaban J connectivity index is 2.47. The summed E-state index contributed by atoms with van der Waals surface area (Å²) in [5, 5.41) is 29.2. The number of nitro groups is 1. The summed E-state index contributed by atoms with van der Waals surface area (Å²) < 4.78 is 4.99. The third kappa shape index (κ3) is 2.20. The molecule has 0 spiro atoms. The van der Waals surface area contributed by atoms with E-state index in [1.807, 2.05) is 0 Å². The molecular weight excluding hydrogens is 241 g/mol. The van der Waals surface area contributed by atoms with Gasteiger partial charge in [0.1, 0.15) is 0 Å². The fraction of sp³-hybridized carbons (Fsp3) is 0.300. The van der Waals surface area contributed by atoms with Crippen molar-refractivity contribution >= 4 is 24.2 Å².